The molecule has 0 saturated heterocycles. The molecule has 5 rings (SSSR count). The van der Waals surface area contributed by atoms with Gasteiger partial charge in [-0.05, 0) is 67.2 Å². The Morgan fingerprint density at radius 3 is 2.97 bits per heavy atom. The number of benzene rings is 1. The largest absolute Gasteiger partial charge is 0.357 e. The molecule has 1 aliphatic carbocycles. The number of nitrogens with two attached hydrogens (primary N) is 1. The first-order chi connectivity index (χ1) is 16.6. The number of hydrazine groups is 1. The molecular weight excluding hydrogens is 426 g/mol. The van der Waals surface area contributed by atoms with Crippen LogP contribution in [0, 0.1) is 5.92 Å². The molecule has 3 heterocycles. The lowest BCUT2D eigenvalue weighted by atomic mass is 9.85. The van der Waals surface area contributed by atoms with Gasteiger partial charge in [-0.3, -0.25) is 14.2 Å². The smallest absolute Gasteiger partial charge is 0.258 e. The maximum absolute atomic E-state index is 12.4. The molecule has 4 N–H and O–H groups in total. The number of aromatic nitrogens is 3. The van der Waals surface area contributed by atoms with Crippen LogP contribution in [0.5, 0.6) is 0 Å². The summed E-state index contributed by atoms with van der Waals surface area (Å²) >= 11 is 0. The molecule has 1 saturated carbocycles. The van der Waals surface area contributed by atoms with Crippen molar-refractivity contribution in [3.63, 3.8) is 0 Å². The molecule has 0 amide bonds. The molecule has 1 aromatic carbocycles. The number of rotatable bonds is 9. The van der Waals surface area contributed by atoms with E-state index in [1.807, 2.05) is 6.07 Å². The number of aromatic amines is 1. The van der Waals surface area contributed by atoms with Crippen LogP contribution >= 0.6 is 0 Å². The van der Waals surface area contributed by atoms with E-state index in [1.54, 1.807) is 24.5 Å². The van der Waals surface area contributed by atoms with Crippen LogP contribution in [0.2, 0.25) is 0 Å². The van der Waals surface area contributed by atoms with Crippen molar-refractivity contribution in [1.82, 2.24) is 24.7 Å². The Hall–Kier alpha value is -3.75. The fourth-order valence-corrected chi connectivity index (χ4v) is 4.32. The summed E-state index contributed by atoms with van der Waals surface area (Å²) in [5.74, 6) is 7.12. The summed E-state index contributed by atoms with van der Waals surface area (Å²) in [6.07, 6.45) is 7.41. The van der Waals surface area contributed by atoms with Crippen molar-refractivity contribution in [3.8, 4) is 0 Å². The Kier molecular flexibility index (Phi) is 6.24. The number of hydrogen-bond donors (Lipinski definition) is 3. The lowest BCUT2D eigenvalue weighted by molar-refractivity contribution is 0.301. The second-order valence-corrected chi connectivity index (χ2v) is 8.90. The number of nitrogens with one attached hydrogen (secondary N) is 2. The fourth-order valence-electron chi connectivity index (χ4n) is 4.32. The normalized spacial score (nSPS) is 14.4. The third-order valence-electron chi connectivity index (χ3n) is 6.37. The molecule has 4 aromatic rings. The molecule has 0 radical (unpaired) electrons. The highest BCUT2D eigenvalue weighted by atomic mass is 16.1. The van der Waals surface area contributed by atoms with E-state index in [-0.39, 0.29) is 5.56 Å². The van der Waals surface area contributed by atoms with Crippen LogP contribution in [0.3, 0.4) is 0 Å². The predicted octanol–water partition coefficient (Wildman–Crippen LogP) is 3.44. The SMILES string of the molecule is C=N/C(=C\N(N)Cc1ccc2cc(CNCC3CCC3)[nH]c2c1)c1cc(=O)n2ccccc2n1. The molecule has 0 aliphatic heterocycles. The lowest BCUT2D eigenvalue weighted by Gasteiger charge is -2.25. The second kappa shape index (κ2) is 9.62. The van der Waals surface area contributed by atoms with Crippen molar-refractivity contribution in [1.29, 1.82) is 0 Å². The van der Waals surface area contributed by atoms with Crippen molar-refractivity contribution in [3.05, 3.63) is 88.2 Å². The summed E-state index contributed by atoms with van der Waals surface area (Å²) < 4.78 is 1.48. The fraction of sp³-hybridized carbons (Fsp3) is 0.269. The minimum Gasteiger partial charge on any atom is -0.357 e. The van der Waals surface area contributed by atoms with Crippen LogP contribution in [0.25, 0.3) is 22.2 Å². The van der Waals surface area contributed by atoms with E-state index < -0.39 is 0 Å². The highest BCUT2D eigenvalue weighted by Crippen LogP contribution is 2.25. The van der Waals surface area contributed by atoms with Crippen molar-refractivity contribution < 1.29 is 0 Å². The summed E-state index contributed by atoms with van der Waals surface area (Å²) in [4.78, 5) is 24.5. The molecule has 0 spiro atoms. The first kappa shape index (κ1) is 22.1. The molecule has 8 nitrogen and oxygen atoms in total. The number of nitrogens with zero attached hydrogens (tertiary/aromatic N) is 4. The van der Waals surface area contributed by atoms with E-state index in [0.717, 1.165) is 30.1 Å². The van der Waals surface area contributed by atoms with Crippen molar-refractivity contribution in [2.24, 2.45) is 16.8 Å². The van der Waals surface area contributed by atoms with Crippen molar-refractivity contribution in [2.75, 3.05) is 6.54 Å². The quantitative estimate of drug-likeness (QED) is 0.204. The van der Waals surface area contributed by atoms with E-state index in [9.17, 15) is 4.79 Å². The number of H-pyrrole nitrogens is 1. The molecule has 0 unspecified atom stereocenters. The van der Waals surface area contributed by atoms with Gasteiger partial charge in [0.05, 0.1) is 12.2 Å². The van der Waals surface area contributed by atoms with Gasteiger partial charge in [0.1, 0.15) is 11.3 Å². The van der Waals surface area contributed by atoms with Gasteiger partial charge in [0, 0.05) is 36.2 Å². The molecule has 34 heavy (non-hydrogen) atoms. The van der Waals surface area contributed by atoms with Crippen LogP contribution in [0.4, 0.5) is 0 Å². The van der Waals surface area contributed by atoms with Gasteiger partial charge in [-0.1, -0.05) is 24.6 Å². The highest BCUT2D eigenvalue weighted by Gasteiger charge is 2.16. The highest BCUT2D eigenvalue weighted by molar-refractivity contribution is 5.81. The van der Waals surface area contributed by atoms with E-state index in [4.69, 9.17) is 5.84 Å². The third kappa shape index (κ3) is 4.78. The molecule has 1 fully saturated rings. The third-order valence-corrected chi connectivity index (χ3v) is 6.37. The average molecular weight is 456 g/mol. The minimum atomic E-state index is -0.186. The molecule has 1 aliphatic rings. The molecule has 3 aromatic heterocycles. The Balaban J connectivity index is 1.29. The van der Waals surface area contributed by atoms with Crippen LogP contribution in [-0.4, -0.2) is 32.6 Å². The van der Waals surface area contributed by atoms with Crippen LogP contribution in [0.1, 0.15) is 36.2 Å². The summed E-state index contributed by atoms with van der Waals surface area (Å²) in [5.41, 5.74) is 4.54. The van der Waals surface area contributed by atoms with Gasteiger partial charge >= 0.3 is 0 Å². The van der Waals surface area contributed by atoms with Crippen LogP contribution in [-0.2, 0) is 13.1 Å². The summed E-state index contributed by atoms with van der Waals surface area (Å²) in [7, 11) is 0. The number of fused-ring (bicyclic) bond motifs is 2. The zero-order chi connectivity index (χ0) is 23.5. The van der Waals surface area contributed by atoms with E-state index in [0.29, 0.717) is 23.6 Å². The zero-order valence-corrected chi connectivity index (χ0v) is 19.1. The topological polar surface area (TPSA) is 104 Å². The molecule has 0 bridgehead atoms. The Morgan fingerprint density at radius 2 is 2.18 bits per heavy atom. The first-order valence-corrected chi connectivity index (χ1v) is 11.6. The minimum absolute atomic E-state index is 0.186. The average Bonchev–Trinajstić information content (AvgIpc) is 3.21. The standard InChI is InChI=1S/C26H29N7O/c1-28-24(23-13-26(34)33-10-3-2-7-25(33)31-23)17-32(27)16-19-8-9-20-12-21(30-22(20)11-19)15-29-14-18-5-4-6-18/h2-3,7-13,17-18,29-30H,1,4-6,14-16,27H2/b24-17-. The van der Waals surface area contributed by atoms with Gasteiger partial charge < -0.3 is 15.3 Å². The molecule has 0 atom stereocenters. The van der Waals surface area contributed by atoms with Gasteiger partial charge in [-0.2, -0.15) is 0 Å². The second-order valence-electron chi connectivity index (χ2n) is 8.90. The number of pyridine rings is 1. The van der Waals surface area contributed by atoms with Gasteiger partial charge in [0.2, 0.25) is 0 Å². The Labute approximate surface area is 197 Å². The summed E-state index contributed by atoms with van der Waals surface area (Å²) in [6.45, 7) is 6.04. The zero-order valence-electron chi connectivity index (χ0n) is 19.1. The number of aliphatic imine (C=N–C) groups is 1. The lowest BCUT2D eigenvalue weighted by Crippen LogP contribution is -2.26. The van der Waals surface area contributed by atoms with Gasteiger partial charge in [-0.15, -0.1) is 0 Å². The van der Waals surface area contributed by atoms with Crippen molar-refractivity contribution in [2.45, 2.75) is 32.4 Å². The first-order valence-electron chi connectivity index (χ1n) is 11.6. The maximum Gasteiger partial charge on any atom is 0.258 e. The van der Waals surface area contributed by atoms with Crippen LogP contribution in [0.15, 0.2) is 70.7 Å². The number of hydrogen-bond acceptors (Lipinski definition) is 6. The van der Waals surface area contributed by atoms with Gasteiger partial charge in [0.25, 0.3) is 5.56 Å². The summed E-state index contributed by atoms with van der Waals surface area (Å²) in [6, 6.07) is 15.3. The molecule has 174 valence electrons. The van der Waals surface area contributed by atoms with E-state index in [1.165, 1.54) is 45.8 Å². The summed E-state index contributed by atoms with van der Waals surface area (Å²) in [5, 5.41) is 6.27. The molecule has 8 heteroatoms. The van der Waals surface area contributed by atoms with Gasteiger partial charge in [0.15, 0.2) is 0 Å². The Bertz CT molecular complexity index is 1410. The Morgan fingerprint density at radius 1 is 1.29 bits per heavy atom. The predicted molar refractivity (Wildman–Crippen MR) is 136 cm³/mol. The van der Waals surface area contributed by atoms with E-state index in [2.05, 4.69) is 51.3 Å². The van der Waals surface area contributed by atoms with E-state index >= 15 is 0 Å². The van der Waals surface area contributed by atoms with Crippen LogP contribution < -0.4 is 16.7 Å². The monoisotopic (exact) mass is 455 g/mol. The molecular formula is C26H29N7O. The van der Waals surface area contributed by atoms with Gasteiger partial charge in [-0.25, -0.2) is 10.8 Å². The maximum atomic E-state index is 12.4. The van der Waals surface area contributed by atoms with Crippen molar-refractivity contribution >= 4 is 29.0 Å².